The van der Waals surface area contributed by atoms with Crippen LogP contribution in [0, 0.1) is 13.8 Å². The first-order valence-electron chi connectivity index (χ1n) is 7.91. The van der Waals surface area contributed by atoms with Gasteiger partial charge in [0.15, 0.2) is 12.7 Å². The second-order valence-electron chi connectivity index (χ2n) is 5.83. The van der Waals surface area contributed by atoms with Gasteiger partial charge in [-0.15, -0.1) is 0 Å². The molecule has 0 saturated heterocycles. The van der Waals surface area contributed by atoms with E-state index in [1.807, 2.05) is 32.0 Å². The van der Waals surface area contributed by atoms with Gasteiger partial charge in [0, 0.05) is 0 Å². The molecule has 0 heterocycles. The minimum absolute atomic E-state index is 0.221. The van der Waals surface area contributed by atoms with Crippen molar-refractivity contribution < 1.29 is 19.1 Å². The highest BCUT2D eigenvalue weighted by Crippen LogP contribution is 2.29. The maximum absolute atomic E-state index is 12.1. The number of hydrogen-bond donors (Lipinski definition) is 1. The summed E-state index contributed by atoms with van der Waals surface area (Å²) < 4.78 is 10.5. The SMILES string of the molecule is Cc1cc(C)cc(OCC(=O)OC(C)C(=O)Nc2cccc(Cl)c2Cl)c1. The molecule has 0 radical (unpaired) electrons. The van der Waals surface area contributed by atoms with Crippen LogP contribution in [0.3, 0.4) is 0 Å². The van der Waals surface area contributed by atoms with Gasteiger partial charge in [-0.2, -0.15) is 0 Å². The lowest BCUT2D eigenvalue weighted by Gasteiger charge is -2.15. The number of rotatable bonds is 6. The Morgan fingerprint density at radius 3 is 2.42 bits per heavy atom. The molecule has 26 heavy (non-hydrogen) atoms. The van der Waals surface area contributed by atoms with Crippen LogP contribution in [-0.4, -0.2) is 24.6 Å². The average molecular weight is 396 g/mol. The molecule has 0 fully saturated rings. The molecule has 1 amide bonds. The van der Waals surface area contributed by atoms with E-state index < -0.39 is 18.0 Å². The minimum atomic E-state index is -1.01. The number of carbonyl (C=O) groups excluding carboxylic acids is 2. The molecule has 138 valence electrons. The Morgan fingerprint density at radius 2 is 1.77 bits per heavy atom. The molecule has 0 spiro atoms. The van der Waals surface area contributed by atoms with Crippen LogP contribution in [0.15, 0.2) is 36.4 Å². The Kier molecular flexibility index (Phi) is 6.89. The second-order valence-corrected chi connectivity index (χ2v) is 6.62. The van der Waals surface area contributed by atoms with Gasteiger partial charge in [0.1, 0.15) is 5.75 Å². The molecule has 0 aromatic heterocycles. The fraction of sp³-hybridized carbons (Fsp3) is 0.263. The molecule has 0 saturated carbocycles. The van der Waals surface area contributed by atoms with Gasteiger partial charge in [0.05, 0.1) is 15.7 Å². The van der Waals surface area contributed by atoms with E-state index in [0.29, 0.717) is 16.5 Å². The number of hydrogen-bond acceptors (Lipinski definition) is 4. The van der Waals surface area contributed by atoms with Crippen LogP contribution in [0.2, 0.25) is 10.0 Å². The van der Waals surface area contributed by atoms with E-state index in [2.05, 4.69) is 5.32 Å². The van der Waals surface area contributed by atoms with Crippen LogP contribution < -0.4 is 10.1 Å². The van der Waals surface area contributed by atoms with Crippen molar-refractivity contribution in [3.8, 4) is 5.75 Å². The lowest BCUT2D eigenvalue weighted by atomic mass is 10.1. The fourth-order valence-corrected chi connectivity index (χ4v) is 2.63. The highest BCUT2D eigenvalue weighted by molar-refractivity contribution is 6.44. The number of ether oxygens (including phenoxy) is 2. The molecule has 1 N–H and O–H groups in total. The molecule has 2 rings (SSSR count). The van der Waals surface area contributed by atoms with E-state index in [1.54, 1.807) is 18.2 Å². The highest BCUT2D eigenvalue weighted by Gasteiger charge is 2.19. The zero-order valence-corrected chi connectivity index (χ0v) is 16.1. The smallest absolute Gasteiger partial charge is 0.344 e. The van der Waals surface area contributed by atoms with Crippen molar-refractivity contribution in [2.75, 3.05) is 11.9 Å². The number of esters is 1. The molecule has 2 aromatic rings. The maximum atomic E-state index is 12.1. The third-order valence-electron chi connectivity index (χ3n) is 3.44. The number of aryl methyl sites for hydroxylation is 2. The predicted molar refractivity (Wildman–Crippen MR) is 102 cm³/mol. The van der Waals surface area contributed by atoms with Gasteiger partial charge >= 0.3 is 5.97 Å². The third kappa shape index (κ3) is 5.64. The number of amides is 1. The van der Waals surface area contributed by atoms with Gasteiger partial charge < -0.3 is 14.8 Å². The standard InChI is InChI=1S/C19H19Cl2NO4/c1-11-7-12(2)9-14(8-11)25-10-17(23)26-13(3)19(24)22-16-6-4-5-15(20)18(16)21/h4-9,13H,10H2,1-3H3,(H,22,24). The van der Waals surface area contributed by atoms with Gasteiger partial charge in [-0.05, 0) is 56.2 Å². The Morgan fingerprint density at radius 1 is 1.12 bits per heavy atom. The van der Waals surface area contributed by atoms with Crippen molar-refractivity contribution in [3.63, 3.8) is 0 Å². The van der Waals surface area contributed by atoms with Gasteiger partial charge in [-0.3, -0.25) is 4.79 Å². The second kappa shape index (κ2) is 8.92. The third-order valence-corrected chi connectivity index (χ3v) is 4.26. The number of halogens is 2. The quantitative estimate of drug-likeness (QED) is 0.728. The summed E-state index contributed by atoms with van der Waals surface area (Å²) in [5.74, 6) is -0.597. The predicted octanol–water partition coefficient (Wildman–Crippen LogP) is 4.56. The van der Waals surface area contributed by atoms with Crippen LogP contribution in [0.5, 0.6) is 5.75 Å². The molecule has 1 unspecified atom stereocenters. The number of anilines is 1. The molecular formula is C19H19Cl2NO4. The Hall–Kier alpha value is -2.24. The first-order chi connectivity index (χ1) is 12.3. The summed E-state index contributed by atoms with van der Waals surface area (Å²) in [6.07, 6.45) is -1.01. The summed E-state index contributed by atoms with van der Waals surface area (Å²) in [6.45, 7) is 5.04. The fourth-order valence-electron chi connectivity index (χ4n) is 2.28. The molecule has 7 heteroatoms. The van der Waals surface area contributed by atoms with Gasteiger partial charge in [0.2, 0.25) is 0 Å². The molecule has 0 aliphatic rings. The van der Waals surface area contributed by atoms with E-state index in [4.69, 9.17) is 32.7 Å². The highest BCUT2D eigenvalue weighted by atomic mass is 35.5. The molecular weight excluding hydrogens is 377 g/mol. The number of nitrogens with one attached hydrogen (secondary N) is 1. The zero-order valence-electron chi connectivity index (χ0n) is 14.6. The van der Waals surface area contributed by atoms with Gasteiger partial charge in [-0.25, -0.2) is 4.79 Å². The summed E-state index contributed by atoms with van der Waals surface area (Å²) in [6, 6.07) is 10.5. The van der Waals surface area contributed by atoms with Crippen molar-refractivity contribution in [3.05, 3.63) is 57.6 Å². The molecule has 0 aliphatic heterocycles. The van der Waals surface area contributed by atoms with Crippen LogP contribution in [0.25, 0.3) is 0 Å². The summed E-state index contributed by atoms with van der Waals surface area (Å²) in [7, 11) is 0. The molecule has 5 nitrogen and oxygen atoms in total. The molecule has 2 aromatic carbocycles. The van der Waals surface area contributed by atoms with Crippen molar-refractivity contribution in [1.82, 2.24) is 0 Å². The van der Waals surface area contributed by atoms with E-state index in [-0.39, 0.29) is 11.6 Å². The Balaban J connectivity index is 1.87. The summed E-state index contributed by atoms with van der Waals surface area (Å²) in [5.41, 5.74) is 2.40. The minimum Gasteiger partial charge on any atom is -0.482 e. The summed E-state index contributed by atoms with van der Waals surface area (Å²) >= 11 is 11.9. The zero-order chi connectivity index (χ0) is 19.3. The van der Waals surface area contributed by atoms with Gasteiger partial charge in [-0.1, -0.05) is 35.3 Å². The van der Waals surface area contributed by atoms with Crippen LogP contribution in [-0.2, 0) is 14.3 Å². The van der Waals surface area contributed by atoms with Gasteiger partial charge in [0.25, 0.3) is 5.91 Å². The molecule has 0 bridgehead atoms. The Bertz CT molecular complexity index is 803. The molecule has 0 aliphatic carbocycles. The maximum Gasteiger partial charge on any atom is 0.344 e. The first-order valence-corrected chi connectivity index (χ1v) is 8.67. The topological polar surface area (TPSA) is 64.6 Å². The lowest BCUT2D eigenvalue weighted by Crippen LogP contribution is -2.31. The van der Waals surface area contributed by atoms with Crippen molar-refractivity contribution in [2.24, 2.45) is 0 Å². The first kappa shape index (κ1) is 20.1. The van der Waals surface area contributed by atoms with Crippen LogP contribution >= 0.6 is 23.2 Å². The Labute approximate surface area is 162 Å². The van der Waals surface area contributed by atoms with Crippen LogP contribution in [0.4, 0.5) is 5.69 Å². The lowest BCUT2D eigenvalue weighted by molar-refractivity contribution is -0.155. The number of carbonyl (C=O) groups is 2. The van der Waals surface area contributed by atoms with Crippen LogP contribution in [0.1, 0.15) is 18.1 Å². The molecule has 1 atom stereocenters. The normalized spacial score (nSPS) is 11.6. The van der Waals surface area contributed by atoms with Crippen molar-refractivity contribution in [1.29, 1.82) is 0 Å². The van der Waals surface area contributed by atoms with E-state index in [9.17, 15) is 9.59 Å². The van der Waals surface area contributed by atoms with E-state index in [0.717, 1.165) is 11.1 Å². The van der Waals surface area contributed by atoms with Crippen molar-refractivity contribution >= 4 is 40.8 Å². The van der Waals surface area contributed by atoms with E-state index >= 15 is 0 Å². The van der Waals surface area contributed by atoms with Crippen molar-refractivity contribution in [2.45, 2.75) is 26.9 Å². The average Bonchev–Trinajstić information content (AvgIpc) is 2.56. The van der Waals surface area contributed by atoms with E-state index in [1.165, 1.54) is 6.92 Å². The summed E-state index contributed by atoms with van der Waals surface area (Å²) in [5, 5.41) is 3.11. The number of benzene rings is 2. The largest absolute Gasteiger partial charge is 0.482 e. The monoisotopic (exact) mass is 395 g/mol. The summed E-state index contributed by atoms with van der Waals surface area (Å²) in [4.78, 5) is 24.0.